The lowest BCUT2D eigenvalue weighted by Crippen LogP contribution is -2.13. The molecule has 0 aliphatic heterocycles. The standard InChI is InChI=1S/C8H7ClNO/c1-10(6-11)8-5-3-2-4-7(8)9/h2-5H,1H3. The Labute approximate surface area is 70.4 Å². The smallest absolute Gasteiger partial charge is 0.306 e. The molecule has 0 atom stereocenters. The van der Waals surface area contributed by atoms with E-state index in [1.165, 1.54) is 4.90 Å². The minimum atomic E-state index is 0.554. The van der Waals surface area contributed by atoms with Crippen LogP contribution < -0.4 is 4.90 Å². The van der Waals surface area contributed by atoms with Crippen LogP contribution in [0.2, 0.25) is 5.02 Å². The van der Waals surface area contributed by atoms with E-state index in [0.29, 0.717) is 10.7 Å². The second-order valence-corrected chi connectivity index (χ2v) is 2.51. The molecular formula is C8H7ClNO. The van der Waals surface area contributed by atoms with Crippen LogP contribution in [0.1, 0.15) is 0 Å². The first-order valence-corrected chi connectivity index (χ1v) is 3.49. The van der Waals surface area contributed by atoms with Crippen molar-refractivity contribution in [3.63, 3.8) is 0 Å². The van der Waals surface area contributed by atoms with Crippen LogP contribution in [0, 0.1) is 0 Å². The lowest BCUT2D eigenvalue weighted by Gasteiger charge is -2.10. The fraction of sp³-hybridized carbons (Fsp3) is 0.125. The van der Waals surface area contributed by atoms with E-state index in [1.807, 2.05) is 12.1 Å². The van der Waals surface area contributed by atoms with Gasteiger partial charge in [-0.1, -0.05) is 23.7 Å². The molecule has 1 radical (unpaired) electrons. The summed E-state index contributed by atoms with van der Waals surface area (Å²) in [5.41, 5.74) is 0.671. The van der Waals surface area contributed by atoms with Gasteiger partial charge in [-0.3, -0.25) is 4.79 Å². The summed E-state index contributed by atoms with van der Waals surface area (Å²) in [7, 11) is 1.61. The maximum Gasteiger partial charge on any atom is 0.316 e. The molecule has 0 N–H and O–H groups in total. The van der Waals surface area contributed by atoms with Crippen LogP contribution in [0.4, 0.5) is 5.69 Å². The van der Waals surface area contributed by atoms with E-state index in [2.05, 4.69) is 0 Å². The van der Waals surface area contributed by atoms with Gasteiger partial charge in [-0.05, 0) is 12.1 Å². The van der Waals surface area contributed by atoms with E-state index < -0.39 is 0 Å². The summed E-state index contributed by atoms with van der Waals surface area (Å²) in [5, 5.41) is 0.554. The maximum absolute atomic E-state index is 10.2. The van der Waals surface area contributed by atoms with Crippen LogP contribution >= 0.6 is 11.6 Å². The Morgan fingerprint density at radius 2 is 2.09 bits per heavy atom. The predicted octanol–water partition coefficient (Wildman–Crippen LogP) is 1.84. The van der Waals surface area contributed by atoms with Gasteiger partial charge in [0.05, 0.1) is 10.7 Å². The quantitative estimate of drug-likeness (QED) is 0.618. The lowest BCUT2D eigenvalue weighted by atomic mass is 10.3. The Morgan fingerprint density at radius 1 is 1.45 bits per heavy atom. The van der Waals surface area contributed by atoms with Gasteiger partial charge in [-0.25, -0.2) is 0 Å². The molecule has 0 unspecified atom stereocenters. The molecule has 57 valence electrons. The number of hydrogen-bond acceptors (Lipinski definition) is 1. The van der Waals surface area contributed by atoms with Gasteiger partial charge in [0.15, 0.2) is 0 Å². The Morgan fingerprint density at radius 3 is 2.64 bits per heavy atom. The van der Waals surface area contributed by atoms with Crippen LogP contribution in [0.15, 0.2) is 24.3 Å². The maximum atomic E-state index is 10.2. The van der Waals surface area contributed by atoms with E-state index in [0.717, 1.165) is 0 Å². The molecule has 0 spiro atoms. The summed E-state index contributed by atoms with van der Waals surface area (Å²) in [5.74, 6) is 0. The number of carbonyl (C=O) groups excluding carboxylic acids is 1. The number of nitrogens with zero attached hydrogens (tertiary/aromatic N) is 1. The molecule has 0 fully saturated rings. The first-order valence-electron chi connectivity index (χ1n) is 3.11. The molecular weight excluding hydrogens is 162 g/mol. The lowest BCUT2D eigenvalue weighted by molar-refractivity contribution is 0.554. The summed E-state index contributed by atoms with van der Waals surface area (Å²) in [6, 6.07) is 7.11. The van der Waals surface area contributed by atoms with E-state index in [-0.39, 0.29) is 0 Å². The van der Waals surface area contributed by atoms with Gasteiger partial charge in [-0.2, -0.15) is 0 Å². The topological polar surface area (TPSA) is 20.3 Å². The summed E-state index contributed by atoms with van der Waals surface area (Å²) >= 11 is 5.78. The monoisotopic (exact) mass is 168 g/mol. The zero-order valence-corrected chi connectivity index (χ0v) is 6.80. The van der Waals surface area contributed by atoms with E-state index in [9.17, 15) is 4.79 Å². The van der Waals surface area contributed by atoms with Gasteiger partial charge in [0.1, 0.15) is 0 Å². The molecule has 0 heterocycles. The normalized spacial score (nSPS) is 9.27. The molecule has 0 saturated heterocycles. The highest BCUT2D eigenvalue weighted by Gasteiger charge is 2.02. The number of benzene rings is 1. The van der Waals surface area contributed by atoms with Crippen LogP contribution in [0.5, 0.6) is 0 Å². The van der Waals surface area contributed by atoms with Gasteiger partial charge in [0.2, 0.25) is 0 Å². The van der Waals surface area contributed by atoms with E-state index >= 15 is 0 Å². The van der Waals surface area contributed by atoms with Crippen molar-refractivity contribution in [2.45, 2.75) is 0 Å². The van der Waals surface area contributed by atoms with Crippen LogP contribution in [0.3, 0.4) is 0 Å². The van der Waals surface area contributed by atoms with Gasteiger partial charge >= 0.3 is 6.41 Å². The number of amides is 1. The molecule has 2 nitrogen and oxygen atoms in total. The zero-order valence-electron chi connectivity index (χ0n) is 6.04. The van der Waals surface area contributed by atoms with Crippen molar-refractivity contribution < 1.29 is 4.79 Å². The second-order valence-electron chi connectivity index (χ2n) is 2.10. The highest BCUT2D eigenvalue weighted by molar-refractivity contribution is 6.33. The largest absolute Gasteiger partial charge is 0.316 e. The molecule has 0 bridgehead atoms. The van der Waals surface area contributed by atoms with Gasteiger partial charge in [0, 0.05) is 7.05 Å². The van der Waals surface area contributed by atoms with Crippen molar-refractivity contribution in [2.24, 2.45) is 0 Å². The zero-order chi connectivity index (χ0) is 8.27. The fourth-order valence-electron chi connectivity index (χ4n) is 0.773. The van der Waals surface area contributed by atoms with Crippen molar-refractivity contribution >= 4 is 23.7 Å². The van der Waals surface area contributed by atoms with Crippen molar-refractivity contribution in [2.75, 3.05) is 11.9 Å². The summed E-state index contributed by atoms with van der Waals surface area (Å²) in [4.78, 5) is 11.5. The van der Waals surface area contributed by atoms with Gasteiger partial charge < -0.3 is 4.90 Å². The summed E-state index contributed by atoms with van der Waals surface area (Å²) < 4.78 is 0. The van der Waals surface area contributed by atoms with Gasteiger partial charge in [0.25, 0.3) is 0 Å². The molecule has 11 heavy (non-hydrogen) atoms. The Bertz CT molecular complexity index is 262. The van der Waals surface area contributed by atoms with E-state index in [4.69, 9.17) is 11.6 Å². The van der Waals surface area contributed by atoms with Crippen molar-refractivity contribution in [1.29, 1.82) is 0 Å². The number of rotatable bonds is 2. The average molecular weight is 169 g/mol. The fourth-order valence-corrected chi connectivity index (χ4v) is 1.04. The minimum absolute atomic E-state index is 0.554. The molecule has 3 heteroatoms. The van der Waals surface area contributed by atoms with Crippen LogP contribution in [0.25, 0.3) is 0 Å². The highest BCUT2D eigenvalue weighted by Crippen LogP contribution is 2.22. The predicted molar refractivity (Wildman–Crippen MR) is 45.5 cm³/mol. The third-order valence-corrected chi connectivity index (χ3v) is 1.67. The number of halogens is 1. The molecule has 1 amide bonds. The molecule has 0 aliphatic rings. The molecule has 1 aromatic carbocycles. The molecule has 1 rings (SSSR count). The van der Waals surface area contributed by atoms with Crippen molar-refractivity contribution in [1.82, 2.24) is 0 Å². The van der Waals surface area contributed by atoms with Crippen LogP contribution in [-0.2, 0) is 4.79 Å². The number of para-hydroxylation sites is 1. The summed E-state index contributed by atoms with van der Waals surface area (Å²) in [6.07, 6.45) is 1.72. The highest BCUT2D eigenvalue weighted by atomic mass is 35.5. The van der Waals surface area contributed by atoms with Crippen LogP contribution in [-0.4, -0.2) is 13.5 Å². The molecule has 0 saturated carbocycles. The average Bonchev–Trinajstić information content (AvgIpc) is 2.04. The Hall–Kier alpha value is -1.02. The Balaban J connectivity index is 3.02. The van der Waals surface area contributed by atoms with E-state index in [1.54, 1.807) is 25.6 Å². The minimum Gasteiger partial charge on any atom is -0.306 e. The third-order valence-electron chi connectivity index (χ3n) is 1.35. The molecule has 0 aliphatic carbocycles. The Kier molecular flexibility index (Phi) is 2.49. The first kappa shape index (κ1) is 8.08. The summed E-state index contributed by atoms with van der Waals surface area (Å²) in [6.45, 7) is 0. The SMILES string of the molecule is CN([C]=O)c1ccccc1Cl. The third kappa shape index (κ3) is 1.71. The first-order chi connectivity index (χ1) is 5.25. The molecule has 1 aromatic rings. The van der Waals surface area contributed by atoms with Gasteiger partial charge in [-0.15, -0.1) is 0 Å². The number of anilines is 1. The number of hydrogen-bond donors (Lipinski definition) is 0. The second kappa shape index (κ2) is 3.39. The van der Waals surface area contributed by atoms with Crippen molar-refractivity contribution in [3.8, 4) is 0 Å². The van der Waals surface area contributed by atoms with Crippen molar-refractivity contribution in [3.05, 3.63) is 29.3 Å². The molecule has 0 aromatic heterocycles.